The van der Waals surface area contributed by atoms with E-state index in [4.69, 9.17) is 0 Å². The first-order valence-corrected chi connectivity index (χ1v) is 12.6. The third-order valence-electron chi connectivity index (χ3n) is 6.41. The zero-order valence-electron chi connectivity index (χ0n) is 18.9. The minimum absolute atomic E-state index is 0.0756. The fraction of sp³-hybridized carbons (Fsp3) is 0.440. The summed E-state index contributed by atoms with van der Waals surface area (Å²) in [4.78, 5) is 30.8. The number of likely N-dealkylation sites (tertiary alicyclic amines) is 1. The summed E-state index contributed by atoms with van der Waals surface area (Å²) in [6.45, 7) is 3.55. The molecule has 0 aromatic heterocycles. The van der Waals surface area contributed by atoms with E-state index in [1.165, 1.54) is 29.7 Å². The van der Waals surface area contributed by atoms with Crippen LogP contribution in [0.4, 0.5) is 11.4 Å². The van der Waals surface area contributed by atoms with E-state index >= 15 is 0 Å². The number of rotatable bonds is 6. The lowest BCUT2D eigenvalue weighted by molar-refractivity contribution is -0.136. The molecule has 0 radical (unpaired) electrons. The second-order valence-corrected chi connectivity index (χ2v) is 9.45. The van der Waals surface area contributed by atoms with Gasteiger partial charge in [-0.05, 0) is 80.4 Å². The van der Waals surface area contributed by atoms with Crippen molar-refractivity contribution in [3.8, 4) is 0 Å². The first kappa shape index (κ1) is 22.7. The van der Waals surface area contributed by atoms with Crippen LogP contribution in [0, 0.1) is 0 Å². The number of benzene rings is 2. The Hall–Kier alpha value is -2.51. The number of carbonyl (C=O) groups excluding carboxylic acids is 2. The Morgan fingerprint density at radius 1 is 1.03 bits per heavy atom. The second kappa shape index (κ2) is 10.4. The molecule has 0 saturated carbocycles. The van der Waals surface area contributed by atoms with Crippen LogP contribution in [0.3, 0.4) is 0 Å². The normalized spacial score (nSPS) is 17.0. The van der Waals surface area contributed by atoms with Crippen molar-refractivity contribution in [3.63, 3.8) is 0 Å². The van der Waals surface area contributed by atoms with Gasteiger partial charge in [0.2, 0.25) is 0 Å². The summed E-state index contributed by atoms with van der Waals surface area (Å²) in [5.74, 6) is -1.23. The largest absolute Gasteiger partial charge is 0.374 e. The van der Waals surface area contributed by atoms with Crippen LogP contribution in [0.1, 0.15) is 36.4 Å². The molecule has 0 aliphatic carbocycles. The summed E-state index contributed by atoms with van der Waals surface area (Å²) in [6.07, 6.45) is 6.57. The molecule has 2 aliphatic heterocycles. The maximum Gasteiger partial charge on any atom is 0.313 e. The first-order valence-electron chi connectivity index (χ1n) is 11.4. The molecule has 1 saturated heterocycles. The van der Waals surface area contributed by atoms with Crippen molar-refractivity contribution < 1.29 is 9.59 Å². The summed E-state index contributed by atoms with van der Waals surface area (Å²) in [5, 5.41) is 5.60. The number of anilines is 2. The van der Waals surface area contributed by atoms with E-state index in [1.54, 1.807) is 17.8 Å². The maximum absolute atomic E-state index is 12.6. The van der Waals surface area contributed by atoms with Gasteiger partial charge in [0.1, 0.15) is 0 Å². The minimum Gasteiger partial charge on any atom is -0.374 e. The predicted molar refractivity (Wildman–Crippen MR) is 131 cm³/mol. The summed E-state index contributed by atoms with van der Waals surface area (Å²) < 4.78 is 0. The molecule has 2 aromatic rings. The fourth-order valence-electron chi connectivity index (χ4n) is 4.68. The molecule has 2 amide bonds. The molecule has 7 heteroatoms. The van der Waals surface area contributed by atoms with Gasteiger partial charge in [-0.1, -0.05) is 18.2 Å². The Bertz CT molecular complexity index is 974. The van der Waals surface area contributed by atoms with Crippen LogP contribution < -0.4 is 15.5 Å². The van der Waals surface area contributed by atoms with Crippen molar-refractivity contribution in [2.75, 3.05) is 49.7 Å². The number of nitrogens with zero attached hydrogens (tertiary/aromatic N) is 2. The molecule has 2 heterocycles. The van der Waals surface area contributed by atoms with Gasteiger partial charge >= 0.3 is 11.8 Å². The number of hydrogen-bond acceptors (Lipinski definition) is 5. The molecular formula is C25H32N4O2S. The van der Waals surface area contributed by atoms with Crippen molar-refractivity contribution in [2.45, 2.75) is 36.6 Å². The number of fused-ring (bicyclic) bond motifs is 1. The lowest BCUT2D eigenvalue weighted by atomic mass is 9.96. The maximum atomic E-state index is 12.6. The topological polar surface area (TPSA) is 64.7 Å². The Morgan fingerprint density at radius 3 is 2.62 bits per heavy atom. The molecule has 2 aromatic carbocycles. The molecule has 170 valence electrons. The van der Waals surface area contributed by atoms with Gasteiger partial charge < -0.3 is 15.5 Å². The zero-order valence-corrected chi connectivity index (χ0v) is 19.7. The van der Waals surface area contributed by atoms with Gasteiger partial charge in [-0.2, -0.15) is 0 Å². The third-order valence-corrected chi connectivity index (χ3v) is 7.14. The third kappa shape index (κ3) is 5.27. The van der Waals surface area contributed by atoms with Gasteiger partial charge in [-0.15, -0.1) is 11.8 Å². The Balaban J connectivity index is 1.44. The number of thioether (sulfide) groups is 1. The second-order valence-electron chi connectivity index (χ2n) is 8.57. The van der Waals surface area contributed by atoms with Crippen molar-refractivity contribution >= 4 is 35.0 Å². The van der Waals surface area contributed by atoms with Crippen LogP contribution in [-0.2, 0) is 16.0 Å². The van der Waals surface area contributed by atoms with Crippen molar-refractivity contribution in [1.29, 1.82) is 0 Å². The quantitative estimate of drug-likeness (QED) is 0.517. The van der Waals surface area contributed by atoms with E-state index < -0.39 is 11.8 Å². The number of hydrogen-bond donors (Lipinski definition) is 2. The molecular weight excluding hydrogens is 420 g/mol. The zero-order chi connectivity index (χ0) is 22.5. The van der Waals surface area contributed by atoms with Gasteiger partial charge in [0.15, 0.2) is 0 Å². The molecule has 2 N–H and O–H groups in total. The van der Waals surface area contributed by atoms with Crippen LogP contribution in [0.2, 0.25) is 0 Å². The first-order chi connectivity index (χ1) is 15.5. The highest BCUT2D eigenvalue weighted by atomic mass is 32.2. The van der Waals surface area contributed by atoms with E-state index in [0.29, 0.717) is 12.2 Å². The molecule has 1 atom stereocenters. The number of aryl methyl sites for hydroxylation is 1. The van der Waals surface area contributed by atoms with E-state index in [1.807, 2.05) is 24.5 Å². The highest BCUT2D eigenvalue weighted by Crippen LogP contribution is 2.31. The van der Waals surface area contributed by atoms with Gasteiger partial charge in [-0.3, -0.25) is 14.5 Å². The highest BCUT2D eigenvalue weighted by Gasteiger charge is 2.26. The van der Waals surface area contributed by atoms with Crippen molar-refractivity contribution in [3.05, 3.63) is 53.6 Å². The fourth-order valence-corrected chi connectivity index (χ4v) is 5.14. The number of nitrogens with one attached hydrogen (secondary N) is 2. The van der Waals surface area contributed by atoms with E-state index in [2.05, 4.69) is 45.7 Å². The standard InChI is InChI=1S/C25H32N4O2S/c1-28-12-6-7-18-15-19(10-11-22(18)28)23(29-13-3-4-14-29)17-26-24(30)25(31)27-20-8-5-9-21(16-20)32-2/h5,8-11,15-16,23H,3-4,6-7,12-14,17H2,1-2H3,(H,26,30)(H,27,31)/t23-/m0/s1. The molecule has 2 aliphatic rings. The summed E-state index contributed by atoms with van der Waals surface area (Å²) in [5.41, 5.74) is 4.52. The van der Waals surface area contributed by atoms with Crippen LogP contribution in [0.5, 0.6) is 0 Å². The molecule has 0 unspecified atom stereocenters. The van der Waals surface area contributed by atoms with Gasteiger partial charge in [-0.25, -0.2) is 0 Å². The highest BCUT2D eigenvalue weighted by molar-refractivity contribution is 7.98. The molecule has 32 heavy (non-hydrogen) atoms. The van der Waals surface area contributed by atoms with Crippen LogP contribution in [-0.4, -0.2) is 56.2 Å². The average molecular weight is 453 g/mol. The lowest BCUT2D eigenvalue weighted by Crippen LogP contribution is -2.41. The predicted octanol–water partition coefficient (Wildman–Crippen LogP) is 3.68. The van der Waals surface area contributed by atoms with E-state index in [-0.39, 0.29) is 6.04 Å². The minimum atomic E-state index is -0.629. The Labute approximate surface area is 194 Å². The van der Waals surface area contributed by atoms with Crippen LogP contribution in [0.15, 0.2) is 47.4 Å². The van der Waals surface area contributed by atoms with Gasteiger partial charge in [0.25, 0.3) is 0 Å². The Morgan fingerprint density at radius 2 is 1.84 bits per heavy atom. The van der Waals surface area contributed by atoms with E-state index in [9.17, 15) is 9.59 Å². The number of carbonyl (C=O) groups is 2. The van der Waals surface area contributed by atoms with Gasteiger partial charge in [0, 0.05) is 36.4 Å². The van der Waals surface area contributed by atoms with Gasteiger partial charge in [0.05, 0.1) is 6.04 Å². The molecule has 4 rings (SSSR count). The molecule has 1 fully saturated rings. The lowest BCUT2D eigenvalue weighted by Gasteiger charge is -2.31. The van der Waals surface area contributed by atoms with Crippen molar-refractivity contribution in [1.82, 2.24) is 10.2 Å². The summed E-state index contributed by atoms with van der Waals surface area (Å²) >= 11 is 1.59. The van der Waals surface area contributed by atoms with E-state index in [0.717, 1.165) is 37.4 Å². The SMILES string of the molecule is CSc1cccc(NC(=O)C(=O)NC[C@@H](c2ccc3c(c2)CCCN3C)N2CCCC2)c1. The molecule has 0 bridgehead atoms. The molecule has 0 spiro atoms. The van der Waals surface area contributed by atoms with Crippen LogP contribution >= 0.6 is 11.8 Å². The van der Waals surface area contributed by atoms with Crippen LogP contribution in [0.25, 0.3) is 0 Å². The summed E-state index contributed by atoms with van der Waals surface area (Å²) in [7, 11) is 2.14. The Kier molecular flexibility index (Phi) is 7.37. The average Bonchev–Trinajstić information content (AvgIpc) is 3.34. The monoisotopic (exact) mass is 452 g/mol. The smallest absolute Gasteiger partial charge is 0.313 e. The summed E-state index contributed by atoms with van der Waals surface area (Å²) in [6, 6.07) is 14.3. The van der Waals surface area contributed by atoms with Crippen molar-refractivity contribution in [2.24, 2.45) is 0 Å². The molecule has 6 nitrogen and oxygen atoms in total. The number of amides is 2.